The Bertz CT molecular complexity index is 633. The zero-order chi connectivity index (χ0) is 16.8. The fraction of sp³-hybridized carbons (Fsp3) is 0.588. The van der Waals surface area contributed by atoms with E-state index >= 15 is 0 Å². The van der Waals surface area contributed by atoms with E-state index < -0.39 is 17.1 Å². The first-order valence-electron chi connectivity index (χ1n) is 7.90. The van der Waals surface area contributed by atoms with Gasteiger partial charge in [-0.15, -0.1) is 0 Å². The molecule has 0 aliphatic carbocycles. The van der Waals surface area contributed by atoms with Gasteiger partial charge in [-0.25, -0.2) is 9.18 Å². The molecule has 0 unspecified atom stereocenters. The molecule has 1 amide bonds. The molecule has 2 heterocycles. The van der Waals surface area contributed by atoms with Crippen LogP contribution >= 0.6 is 0 Å². The molecule has 0 atom stereocenters. The molecule has 1 saturated heterocycles. The SMILES string of the molecule is CC(C)(C)OC(=O)N1CC2(CCOCC2)c2c(F)cc(N)cc21. The molecule has 5 nitrogen and oxygen atoms in total. The molecule has 0 radical (unpaired) electrons. The quantitative estimate of drug-likeness (QED) is 0.745. The molecule has 1 spiro atoms. The summed E-state index contributed by atoms with van der Waals surface area (Å²) in [5.74, 6) is -0.354. The molecule has 0 bridgehead atoms. The number of nitrogens with zero attached hydrogens (tertiary/aromatic N) is 1. The van der Waals surface area contributed by atoms with Gasteiger partial charge < -0.3 is 15.2 Å². The zero-order valence-corrected chi connectivity index (χ0v) is 13.8. The Balaban J connectivity index is 2.04. The van der Waals surface area contributed by atoms with Crippen molar-refractivity contribution in [3.8, 4) is 0 Å². The Hall–Kier alpha value is -1.82. The van der Waals surface area contributed by atoms with Gasteiger partial charge in [-0.2, -0.15) is 0 Å². The molecule has 0 saturated carbocycles. The second-order valence-electron chi connectivity index (χ2n) is 7.36. The third-order valence-corrected chi connectivity index (χ3v) is 4.44. The number of rotatable bonds is 0. The Morgan fingerprint density at radius 3 is 2.61 bits per heavy atom. The molecular weight excluding hydrogens is 299 g/mol. The first kappa shape index (κ1) is 16.1. The van der Waals surface area contributed by atoms with E-state index in [-0.39, 0.29) is 5.82 Å². The monoisotopic (exact) mass is 322 g/mol. The van der Waals surface area contributed by atoms with Crippen LogP contribution in [0.4, 0.5) is 20.6 Å². The fourth-order valence-corrected chi connectivity index (χ4v) is 3.47. The molecule has 3 rings (SSSR count). The van der Waals surface area contributed by atoms with E-state index in [2.05, 4.69) is 0 Å². The van der Waals surface area contributed by atoms with Crippen molar-refractivity contribution >= 4 is 17.5 Å². The van der Waals surface area contributed by atoms with Crippen LogP contribution < -0.4 is 10.6 Å². The number of halogens is 1. The number of hydrogen-bond donors (Lipinski definition) is 1. The summed E-state index contributed by atoms with van der Waals surface area (Å²) in [4.78, 5) is 14.1. The molecule has 1 aromatic rings. The molecule has 1 fully saturated rings. The van der Waals surface area contributed by atoms with Gasteiger partial charge in [0.1, 0.15) is 11.4 Å². The molecule has 2 N–H and O–H groups in total. The Labute approximate surface area is 135 Å². The van der Waals surface area contributed by atoms with Crippen molar-refractivity contribution in [3.63, 3.8) is 0 Å². The van der Waals surface area contributed by atoms with Crippen molar-refractivity contribution in [1.82, 2.24) is 0 Å². The van der Waals surface area contributed by atoms with E-state index in [4.69, 9.17) is 15.2 Å². The largest absolute Gasteiger partial charge is 0.443 e. The van der Waals surface area contributed by atoms with E-state index in [0.717, 1.165) is 0 Å². The standard InChI is InChI=1S/C17H23FN2O3/c1-16(2,3)23-15(21)20-10-17(4-6-22-7-5-17)14-12(18)8-11(19)9-13(14)20/h8-9H,4-7,10,19H2,1-3H3. The third-order valence-electron chi connectivity index (χ3n) is 4.44. The second-order valence-corrected chi connectivity index (χ2v) is 7.36. The number of fused-ring (bicyclic) bond motifs is 2. The number of carbonyl (C=O) groups is 1. The van der Waals surface area contributed by atoms with Crippen LogP contribution in [-0.2, 0) is 14.9 Å². The van der Waals surface area contributed by atoms with E-state index in [0.29, 0.717) is 49.5 Å². The number of ether oxygens (including phenoxy) is 2. The number of amides is 1. The van der Waals surface area contributed by atoms with Crippen LogP contribution in [0.15, 0.2) is 12.1 Å². The highest BCUT2D eigenvalue weighted by molar-refractivity contribution is 5.92. The first-order chi connectivity index (χ1) is 10.7. The Morgan fingerprint density at radius 2 is 2.00 bits per heavy atom. The van der Waals surface area contributed by atoms with Gasteiger partial charge in [0.25, 0.3) is 0 Å². The second kappa shape index (κ2) is 5.37. The van der Waals surface area contributed by atoms with Gasteiger partial charge in [0.2, 0.25) is 0 Å². The number of nitrogen functional groups attached to an aromatic ring is 1. The Morgan fingerprint density at radius 1 is 1.35 bits per heavy atom. The summed E-state index contributed by atoms with van der Waals surface area (Å²) in [5.41, 5.74) is 6.17. The molecule has 6 heteroatoms. The summed E-state index contributed by atoms with van der Waals surface area (Å²) in [5, 5.41) is 0. The minimum absolute atomic E-state index is 0.305. The van der Waals surface area contributed by atoms with E-state index in [1.807, 2.05) is 20.8 Å². The van der Waals surface area contributed by atoms with Crippen molar-refractivity contribution in [2.24, 2.45) is 0 Å². The summed E-state index contributed by atoms with van der Waals surface area (Å²) < 4.78 is 25.6. The minimum atomic E-state index is -0.610. The van der Waals surface area contributed by atoms with Crippen molar-refractivity contribution in [2.45, 2.75) is 44.6 Å². The van der Waals surface area contributed by atoms with Crippen molar-refractivity contribution in [2.75, 3.05) is 30.4 Å². The molecule has 126 valence electrons. The lowest BCUT2D eigenvalue weighted by atomic mass is 9.75. The summed E-state index contributed by atoms with van der Waals surface area (Å²) in [6, 6.07) is 2.99. The van der Waals surface area contributed by atoms with Gasteiger partial charge in [-0.3, -0.25) is 4.90 Å². The molecule has 23 heavy (non-hydrogen) atoms. The van der Waals surface area contributed by atoms with E-state index in [1.165, 1.54) is 11.0 Å². The van der Waals surface area contributed by atoms with Crippen LogP contribution in [0, 0.1) is 5.82 Å². The van der Waals surface area contributed by atoms with E-state index in [9.17, 15) is 9.18 Å². The highest BCUT2D eigenvalue weighted by Crippen LogP contribution is 2.49. The normalized spacial score (nSPS) is 19.7. The van der Waals surface area contributed by atoms with Gasteiger partial charge in [0.05, 0.1) is 5.69 Å². The number of carbonyl (C=O) groups excluding carboxylic acids is 1. The fourth-order valence-electron chi connectivity index (χ4n) is 3.47. The average Bonchev–Trinajstić information content (AvgIpc) is 2.72. The minimum Gasteiger partial charge on any atom is -0.443 e. The van der Waals surface area contributed by atoms with Gasteiger partial charge >= 0.3 is 6.09 Å². The van der Waals surface area contributed by atoms with Gasteiger partial charge in [-0.05, 0) is 45.7 Å². The lowest BCUT2D eigenvalue weighted by molar-refractivity contribution is 0.0468. The van der Waals surface area contributed by atoms with Crippen molar-refractivity contribution < 1.29 is 18.7 Å². The van der Waals surface area contributed by atoms with Gasteiger partial charge in [0.15, 0.2) is 0 Å². The van der Waals surface area contributed by atoms with Crippen LogP contribution in [0.1, 0.15) is 39.2 Å². The molecular formula is C17H23FN2O3. The van der Waals surface area contributed by atoms with Gasteiger partial charge in [-0.1, -0.05) is 0 Å². The molecule has 1 aromatic carbocycles. The molecule has 2 aliphatic heterocycles. The number of hydrogen-bond acceptors (Lipinski definition) is 4. The van der Waals surface area contributed by atoms with Crippen LogP contribution in [-0.4, -0.2) is 31.5 Å². The van der Waals surface area contributed by atoms with Crippen LogP contribution in [0.3, 0.4) is 0 Å². The number of anilines is 2. The lowest BCUT2D eigenvalue weighted by Crippen LogP contribution is -2.42. The molecule has 0 aromatic heterocycles. The van der Waals surface area contributed by atoms with Crippen molar-refractivity contribution in [3.05, 3.63) is 23.5 Å². The maximum Gasteiger partial charge on any atom is 0.414 e. The maximum atomic E-state index is 14.7. The van der Waals surface area contributed by atoms with Crippen LogP contribution in [0.5, 0.6) is 0 Å². The highest BCUT2D eigenvalue weighted by atomic mass is 19.1. The third kappa shape index (κ3) is 2.87. The highest BCUT2D eigenvalue weighted by Gasteiger charge is 2.48. The zero-order valence-electron chi connectivity index (χ0n) is 13.8. The maximum absolute atomic E-state index is 14.7. The first-order valence-corrected chi connectivity index (χ1v) is 7.90. The van der Waals surface area contributed by atoms with Crippen LogP contribution in [0.25, 0.3) is 0 Å². The molecule has 2 aliphatic rings. The van der Waals surface area contributed by atoms with Crippen molar-refractivity contribution in [1.29, 1.82) is 0 Å². The summed E-state index contributed by atoms with van der Waals surface area (Å²) in [6.07, 6.45) is 0.896. The number of benzene rings is 1. The van der Waals surface area contributed by atoms with E-state index in [1.54, 1.807) is 6.07 Å². The predicted molar refractivity (Wildman–Crippen MR) is 86.1 cm³/mol. The van der Waals surface area contributed by atoms with Crippen LogP contribution in [0.2, 0.25) is 0 Å². The summed E-state index contributed by atoms with van der Waals surface area (Å²) in [6.45, 7) is 6.96. The smallest absolute Gasteiger partial charge is 0.414 e. The average molecular weight is 322 g/mol. The topological polar surface area (TPSA) is 64.8 Å². The summed E-state index contributed by atoms with van der Waals surface area (Å²) >= 11 is 0. The summed E-state index contributed by atoms with van der Waals surface area (Å²) in [7, 11) is 0. The number of nitrogens with two attached hydrogens (primary N) is 1. The Kier molecular flexibility index (Phi) is 3.75. The predicted octanol–water partition coefficient (Wildman–Crippen LogP) is 3.21. The lowest BCUT2D eigenvalue weighted by Gasteiger charge is -2.34. The van der Waals surface area contributed by atoms with Gasteiger partial charge in [0, 0.05) is 36.4 Å².